The minimum absolute atomic E-state index is 0.0439. The van der Waals surface area contributed by atoms with E-state index in [0.29, 0.717) is 36.3 Å². The minimum atomic E-state index is -0.427. The maximum absolute atomic E-state index is 11.9. The summed E-state index contributed by atoms with van der Waals surface area (Å²) in [6.45, 7) is 65.2. The van der Waals surface area contributed by atoms with Gasteiger partial charge < -0.3 is 75.8 Å². The lowest BCUT2D eigenvalue weighted by Crippen LogP contribution is -2.49. The van der Waals surface area contributed by atoms with Crippen molar-refractivity contribution in [2.75, 3.05) is 87.9 Å². The summed E-state index contributed by atoms with van der Waals surface area (Å²) in [6, 6.07) is 0. The zero-order chi connectivity index (χ0) is 103. The fraction of sp³-hybridized carbons (Fsp3) is 0.929. The van der Waals surface area contributed by atoms with Crippen LogP contribution in [0.4, 0.5) is 0 Å². The predicted octanol–water partition coefficient (Wildman–Crippen LogP) is 26.6. The second kappa shape index (κ2) is 56.6. The van der Waals surface area contributed by atoms with Crippen molar-refractivity contribution in [3.05, 3.63) is 0 Å². The van der Waals surface area contributed by atoms with Crippen molar-refractivity contribution in [2.45, 2.75) is 458 Å². The van der Waals surface area contributed by atoms with E-state index < -0.39 is 43.3 Å². The van der Waals surface area contributed by atoms with Gasteiger partial charge in [-0.15, -0.1) is 0 Å². The Hall–Kier alpha value is -4.56. The van der Waals surface area contributed by atoms with Crippen LogP contribution in [0.25, 0.3) is 0 Å². The Labute approximate surface area is 826 Å². The highest BCUT2D eigenvalue weighted by molar-refractivity contribution is 5.78. The molecule has 13 rings (SSSR count). The average molecular weight is 1930 g/mol. The summed E-state index contributed by atoms with van der Waals surface area (Å²) in [5, 5.41) is 0. The lowest BCUT2D eigenvalue weighted by atomic mass is 9.50. The molecule has 0 radical (unpaired) electrons. The molecule has 13 saturated carbocycles. The molecule has 0 aromatic rings. The number of fused-ring (bicyclic) bond motifs is 2. The Morgan fingerprint density at radius 2 is 0.596 bits per heavy atom. The van der Waals surface area contributed by atoms with Gasteiger partial charge in [-0.25, -0.2) is 0 Å². The SMILES string of the molecule is CCC(C)(C)C(=O)OCOC.CCC(C)(C)C(=O)OCOC1C(C)(C)CCC1(C)C.CCC(C)(C)C(=O)OCOC1C2CC3CC(C2)CC1C3.CCC(C)(C)C(=O)OCOC1CCCCC1.CCC(C)(C)C(=O)OCOCC1(C)CC2CCC1C2.CCC(C)(C)C(=O)OCOCC1(C)CCCCC1.CCC(C)(C)C(=O)OCOCC12CC3CC(CC(C3)C1)C2.CCOCOC(=O)C(C)(C)CC. The van der Waals surface area contributed by atoms with Gasteiger partial charge in [0.05, 0.1) is 81.5 Å². The molecule has 0 N–H and O–H groups in total. The van der Waals surface area contributed by atoms with Crippen molar-refractivity contribution in [1.82, 2.24) is 0 Å². The highest BCUT2D eigenvalue weighted by atomic mass is 16.7. The van der Waals surface area contributed by atoms with Gasteiger partial charge in [0.15, 0.2) is 54.3 Å². The van der Waals surface area contributed by atoms with Crippen LogP contribution in [-0.4, -0.2) is 154 Å². The average Bonchev–Trinajstić information content (AvgIpc) is 0.939. The molecule has 13 aliphatic carbocycles. The summed E-state index contributed by atoms with van der Waals surface area (Å²) < 4.78 is 85.0. The fourth-order valence-electron chi connectivity index (χ4n) is 21.3. The monoisotopic (exact) mass is 1930 g/mol. The Balaban J connectivity index is 0.000000327. The van der Waals surface area contributed by atoms with Gasteiger partial charge in [0.2, 0.25) is 0 Å². The molecule has 3 unspecified atom stereocenters. The lowest BCUT2D eigenvalue weighted by Gasteiger charge is -2.56. The van der Waals surface area contributed by atoms with E-state index in [1.165, 1.54) is 155 Å². The molecule has 0 aliphatic heterocycles. The summed E-state index contributed by atoms with van der Waals surface area (Å²) in [7, 11) is 1.49. The first kappa shape index (κ1) is 124. The number of hydrogen-bond donors (Lipinski definition) is 0. The summed E-state index contributed by atoms with van der Waals surface area (Å²) in [5.41, 5.74) is -1.90. The number of hydrogen-bond acceptors (Lipinski definition) is 24. The Morgan fingerprint density at radius 3 is 0.926 bits per heavy atom. The summed E-state index contributed by atoms with van der Waals surface area (Å²) in [5.74, 6) is 6.59. The van der Waals surface area contributed by atoms with Crippen LogP contribution in [0.15, 0.2) is 0 Å². The summed E-state index contributed by atoms with van der Waals surface area (Å²) in [6.07, 6.45) is 42.3. The van der Waals surface area contributed by atoms with Crippen LogP contribution >= 0.6 is 0 Å². The number of carbonyl (C=O) groups excluding carboxylic acids is 8. The zero-order valence-corrected chi connectivity index (χ0v) is 92.5. The van der Waals surface area contributed by atoms with Crippen molar-refractivity contribution < 1.29 is 114 Å². The lowest BCUT2D eigenvalue weighted by molar-refractivity contribution is -0.193. The van der Waals surface area contributed by atoms with Gasteiger partial charge in [-0.3, -0.25) is 38.4 Å². The maximum atomic E-state index is 11.9. The topological polar surface area (TPSA) is 284 Å². The van der Waals surface area contributed by atoms with Crippen LogP contribution in [0.2, 0.25) is 0 Å². The third-order valence-electron chi connectivity index (χ3n) is 33.8. The second-order valence-electron chi connectivity index (χ2n) is 49.7. The molecule has 0 spiro atoms. The van der Waals surface area contributed by atoms with Crippen molar-refractivity contribution in [1.29, 1.82) is 0 Å². The molecule has 24 heteroatoms. The molecule has 0 saturated heterocycles. The standard InChI is InChI=1S/C18H30O3.C17H28O3.C16H28O3.C16H30O3.C15H28O3.C13H24O3.C9H18O3.C8H16O3/c1-4-17(2,3)16(19)21-12-20-11-18-8-13-5-14(9-18)7-15(6-13)10-18;1-4-17(2,3)16(18)20-10-19-15-13-6-11-5-12(8-13)9-14(15)7-11;1-5-15(2,3)14(17)19-11-18-10-16(4)9-12-6-7-13(16)8-12;1-8-14(2,3)13(17)19-11-18-12-15(4,5)9-10-16(12,6)7;1-5-14(2,3)13(16)18-12-17-11-15(4)9-7-6-8-10-15;1-4-13(2,3)12(14)16-10-15-11-8-6-5-7-9-11;1-5-9(3,4)8(10)12-7-11-6-2;1-5-8(2,3)7(9)11-6-10-4/h13-15H,4-12H2,1-3H3;11-15H,4-10H2,1-3H3;12-13H,5-11H2,1-4H3;12H,8-11H2,1-7H3;5-12H2,1-4H3;11H,4-10H2,1-3H3;5-7H2,1-4H3;5-6H2,1-4H3. The zero-order valence-electron chi connectivity index (χ0n) is 92.5. The number of carbonyl (C=O) groups is 8. The molecule has 136 heavy (non-hydrogen) atoms. The van der Waals surface area contributed by atoms with Gasteiger partial charge in [0, 0.05) is 13.7 Å². The molecule has 3 atom stereocenters. The first-order valence-electron chi connectivity index (χ1n) is 53.4. The summed E-state index contributed by atoms with van der Waals surface area (Å²) in [4.78, 5) is 93.3. The minimum Gasteiger partial charge on any atom is -0.438 e. The third kappa shape index (κ3) is 40.2. The molecule has 0 aromatic heterocycles. The van der Waals surface area contributed by atoms with Crippen LogP contribution in [0.3, 0.4) is 0 Å². The van der Waals surface area contributed by atoms with Gasteiger partial charge in [0.25, 0.3) is 0 Å². The van der Waals surface area contributed by atoms with Gasteiger partial charge >= 0.3 is 47.8 Å². The van der Waals surface area contributed by atoms with Crippen molar-refractivity contribution in [3.8, 4) is 0 Å². The Morgan fingerprint density at radius 1 is 0.287 bits per heavy atom. The van der Waals surface area contributed by atoms with Crippen LogP contribution in [0, 0.1) is 124 Å². The third-order valence-corrected chi connectivity index (χ3v) is 33.8. The molecule has 24 nitrogen and oxygen atoms in total. The second-order valence-corrected chi connectivity index (χ2v) is 49.7. The fourth-order valence-corrected chi connectivity index (χ4v) is 21.3. The van der Waals surface area contributed by atoms with E-state index in [4.69, 9.17) is 71.1 Å². The molecule has 0 amide bonds. The molecule has 0 aromatic carbocycles. The normalized spacial score (nSPS) is 26.1. The van der Waals surface area contributed by atoms with Crippen molar-refractivity contribution in [2.24, 2.45) is 124 Å². The maximum Gasteiger partial charge on any atom is 0.313 e. The molecule has 10 bridgehead atoms. The number of esters is 8. The van der Waals surface area contributed by atoms with E-state index >= 15 is 0 Å². The van der Waals surface area contributed by atoms with E-state index in [0.717, 1.165) is 144 Å². The number of ether oxygens (including phenoxy) is 16. The summed E-state index contributed by atoms with van der Waals surface area (Å²) >= 11 is 0. The molecule has 0 heterocycles. The first-order chi connectivity index (χ1) is 63.4. The Kier molecular flexibility index (Phi) is 51.5. The largest absolute Gasteiger partial charge is 0.438 e. The molecular weight excluding hydrogens is 1730 g/mol. The van der Waals surface area contributed by atoms with Gasteiger partial charge in [-0.05, 0) is 378 Å². The van der Waals surface area contributed by atoms with E-state index in [2.05, 4.69) is 46.3 Å². The molecule has 794 valence electrons. The van der Waals surface area contributed by atoms with Crippen LogP contribution in [0.5, 0.6) is 0 Å². The number of rotatable bonds is 42. The molecular formula is C112H202O24. The van der Waals surface area contributed by atoms with Crippen LogP contribution in [0.1, 0.15) is 439 Å². The number of methoxy groups -OCH3 is 1. The molecule has 13 fully saturated rings. The highest BCUT2D eigenvalue weighted by Crippen LogP contribution is 2.61. The first-order valence-corrected chi connectivity index (χ1v) is 53.4. The van der Waals surface area contributed by atoms with E-state index in [9.17, 15) is 38.4 Å². The van der Waals surface area contributed by atoms with Crippen molar-refractivity contribution in [3.63, 3.8) is 0 Å². The molecule has 13 aliphatic rings. The Bertz CT molecular complexity index is 3440. The smallest absolute Gasteiger partial charge is 0.313 e. The van der Waals surface area contributed by atoms with Gasteiger partial charge in [-0.1, -0.05) is 142 Å². The quantitative estimate of drug-likeness (QED) is 0.0237. The van der Waals surface area contributed by atoms with Gasteiger partial charge in [-0.2, -0.15) is 0 Å². The van der Waals surface area contributed by atoms with Crippen LogP contribution in [-0.2, 0) is 114 Å². The van der Waals surface area contributed by atoms with Crippen molar-refractivity contribution >= 4 is 47.8 Å². The van der Waals surface area contributed by atoms with E-state index in [-0.39, 0.29) is 124 Å². The van der Waals surface area contributed by atoms with E-state index in [1.54, 1.807) is 0 Å². The van der Waals surface area contributed by atoms with Gasteiger partial charge in [0.1, 0.15) is 0 Å². The van der Waals surface area contributed by atoms with Crippen LogP contribution < -0.4 is 0 Å². The predicted molar refractivity (Wildman–Crippen MR) is 534 cm³/mol. The highest BCUT2D eigenvalue weighted by Gasteiger charge is 2.54. The van der Waals surface area contributed by atoms with E-state index in [1.807, 2.05) is 173 Å².